The van der Waals surface area contributed by atoms with E-state index in [-0.39, 0.29) is 6.04 Å². The monoisotopic (exact) mass is 353 g/mol. The van der Waals surface area contributed by atoms with Crippen molar-refractivity contribution in [2.24, 2.45) is 0 Å². The molecule has 1 N–H and O–H groups in total. The number of benzene rings is 2. The van der Waals surface area contributed by atoms with E-state index < -0.39 is 0 Å². The van der Waals surface area contributed by atoms with E-state index in [9.17, 15) is 0 Å². The number of fused-ring (bicyclic) bond motifs is 1. The molecule has 4 nitrogen and oxygen atoms in total. The van der Waals surface area contributed by atoms with Crippen molar-refractivity contribution in [3.63, 3.8) is 0 Å². The maximum Gasteiger partial charge on any atom is 0.119 e. The molecule has 0 spiro atoms. The SMILES string of the molecule is CCOc1ccc(C(c2nc3ccccc3s2)N2CCNCC2)cc1. The van der Waals surface area contributed by atoms with Crippen LogP contribution in [0.15, 0.2) is 48.5 Å². The smallest absolute Gasteiger partial charge is 0.119 e. The molecular formula is C20H23N3OS. The maximum absolute atomic E-state index is 5.60. The second-order valence-electron chi connectivity index (χ2n) is 6.21. The lowest BCUT2D eigenvalue weighted by Crippen LogP contribution is -2.45. The topological polar surface area (TPSA) is 37.4 Å². The summed E-state index contributed by atoms with van der Waals surface area (Å²) in [6.45, 7) is 6.83. The molecule has 1 aliphatic heterocycles. The minimum atomic E-state index is 0.204. The highest BCUT2D eigenvalue weighted by atomic mass is 32.1. The zero-order valence-corrected chi connectivity index (χ0v) is 15.3. The lowest BCUT2D eigenvalue weighted by Gasteiger charge is -2.34. The average Bonchev–Trinajstić information content (AvgIpc) is 3.08. The normalized spacial score (nSPS) is 16.8. The van der Waals surface area contributed by atoms with Crippen molar-refractivity contribution >= 4 is 21.6 Å². The zero-order chi connectivity index (χ0) is 17.1. The Kier molecular flexibility index (Phi) is 4.97. The Labute approximate surface area is 152 Å². The molecule has 130 valence electrons. The first-order valence-corrected chi connectivity index (χ1v) is 9.70. The van der Waals surface area contributed by atoms with Gasteiger partial charge in [-0.05, 0) is 36.8 Å². The fourth-order valence-corrected chi connectivity index (χ4v) is 4.50. The van der Waals surface area contributed by atoms with Crippen LogP contribution in [0.4, 0.5) is 0 Å². The first-order chi connectivity index (χ1) is 12.3. The fourth-order valence-electron chi connectivity index (χ4n) is 3.37. The standard InChI is InChI=1S/C20H23N3OS/c1-2-24-16-9-7-15(8-10-16)19(23-13-11-21-12-14-23)20-22-17-5-3-4-6-18(17)25-20/h3-10,19,21H,2,11-14H2,1H3. The summed E-state index contributed by atoms with van der Waals surface area (Å²) in [6.07, 6.45) is 0. The minimum absolute atomic E-state index is 0.204. The molecule has 25 heavy (non-hydrogen) atoms. The number of rotatable bonds is 5. The summed E-state index contributed by atoms with van der Waals surface area (Å²) in [6, 6.07) is 17.1. The van der Waals surface area contributed by atoms with Gasteiger partial charge in [0, 0.05) is 26.2 Å². The molecule has 0 aliphatic carbocycles. The maximum atomic E-state index is 5.60. The third-order valence-corrected chi connectivity index (χ3v) is 5.66. The van der Waals surface area contributed by atoms with Gasteiger partial charge in [0.05, 0.1) is 22.9 Å². The highest BCUT2D eigenvalue weighted by Gasteiger charge is 2.26. The van der Waals surface area contributed by atoms with Crippen LogP contribution in [0.3, 0.4) is 0 Å². The van der Waals surface area contributed by atoms with E-state index in [0.717, 1.165) is 37.4 Å². The van der Waals surface area contributed by atoms with Crippen molar-refractivity contribution in [2.45, 2.75) is 13.0 Å². The van der Waals surface area contributed by atoms with Crippen molar-refractivity contribution in [1.29, 1.82) is 0 Å². The number of ether oxygens (including phenoxy) is 1. The summed E-state index contributed by atoms with van der Waals surface area (Å²) in [5.74, 6) is 0.926. The van der Waals surface area contributed by atoms with Gasteiger partial charge in [-0.2, -0.15) is 0 Å². The molecule has 0 amide bonds. The average molecular weight is 353 g/mol. The van der Waals surface area contributed by atoms with E-state index in [1.54, 1.807) is 11.3 Å². The van der Waals surface area contributed by atoms with Crippen LogP contribution in [0.1, 0.15) is 23.5 Å². The van der Waals surface area contributed by atoms with Crippen molar-refractivity contribution in [3.8, 4) is 5.75 Å². The van der Waals surface area contributed by atoms with Crippen LogP contribution in [-0.4, -0.2) is 42.7 Å². The fraction of sp³-hybridized carbons (Fsp3) is 0.350. The lowest BCUT2D eigenvalue weighted by molar-refractivity contribution is 0.198. The number of para-hydroxylation sites is 1. The zero-order valence-electron chi connectivity index (χ0n) is 14.4. The molecule has 2 aromatic carbocycles. The molecule has 4 rings (SSSR count). The number of hydrogen-bond donors (Lipinski definition) is 1. The molecule has 0 bridgehead atoms. The van der Waals surface area contributed by atoms with Crippen LogP contribution in [0.5, 0.6) is 5.75 Å². The Morgan fingerprint density at radius 1 is 1.12 bits per heavy atom. The molecule has 3 aromatic rings. The highest BCUT2D eigenvalue weighted by molar-refractivity contribution is 7.18. The van der Waals surface area contributed by atoms with Crippen LogP contribution in [-0.2, 0) is 0 Å². The Balaban J connectivity index is 1.72. The predicted molar refractivity (Wildman–Crippen MR) is 104 cm³/mol. The van der Waals surface area contributed by atoms with E-state index in [1.165, 1.54) is 15.3 Å². The van der Waals surface area contributed by atoms with Crippen molar-refractivity contribution < 1.29 is 4.74 Å². The molecular weight excluding hydrogens is 330 g/mol. The first kappa shape index (κ1) is 16.5. The first-order valence-electron chi connectivity index (χ1n) is 8.88. The van der Waals surface area contributed by atoms with Crippen LogP contribution in [0, 0.1) is 0 Å². The van der Waals surface area contributed by atoms with Crippen LogP contribution in [0.25, 0.3) is 10.2 Å². The van der Waals surface area contributed by atoms with E-state index in [4.69, 9.17) is 9.72 Å². The van der Waals surface area contributed by atoms with Gasteiger partial charge in [0.2, 0.25) is 0 Å². The van der Waals surface area contributed by atoms with E-state index in [2.05, 4.69) is 58.7 Å². The van der Waals surface area contributed by atoms with Gasteiger partial charge in [-0.1, -0.05) is 24.3 Å². The number of thiazole rings is 1. The number of aromatic nitrogens is 1. The molecule has 1 fully saturated rings. The van der Waals surface area contributed by atoms with Crippen molar-refractivity contribution in [1.82, 2.24) is 15.2 Å². The largest absolute Gasteiger partial charge is 0.494 e. The second kappa shape index (κ2) is 7.52. The third kappa shape index (κ3) is 3.54. The summed E-state index contributed by atoms with van der Waals surface area (Å²) < 4.78 is 6.86. The summed E-state index contributed by atoms with van der Waals surface area (Å²) >= 11 is 1.80. The third-order valence-electron chi connectivity index (χ3n) is 4.57. The van der Waals surface area contributed by atoms with Crippen molar-refractivity contribution in [3.05, 3.63) is 59.1 Å². The molecule has 2 heterocycles. The summed E-state index contributed by atoms with van der Waals surface area (Å²) in [5.41, 5.74) is 2.37. The highest BCUT2D eigenvalue weighted by Crippen LogP contribution is 2.35. The van der Waals surface area contributed by atoms with Crippen molar-refractivity contribution in [2.75, 3.05) is 32.8 Å². The number of hydrogen-bond acceptors (Lipinski definition) is 5. The van der Waals surface area contributed by atoms with E-state index in [1.807, 2.05) is 6.92 Å². The van der Waals surface area contributed by atoms with Gasteiger partial charge < -0.3 is 10.1 Å². The Morgan fingerprint density at radius 2 is 1.88 bits per heavy atom. The molecule has 1 aliphatic rings. The van der Waals surface area contributed by atoms with E-state index in [0.29, 0.717) is 6.61 Å². The van der Waals surface area contributed by atoms with Gasteiger partial charge in [0.1, 0.15) is 10.8 Å². The summed E-state index contributed by atoms with van der Waals surface area (Å²) in [4.78, 5) is 7.48. The van der Waals surface area contributed by atoms with Crippen LogP contribution >= 0.6 is 11.3 Å². The van der Waals surface area contributed by atoms with Gasteiger partial charge in [-0.3, -0.25) is 4.90 Å². The van der Waals surface area contributed by atoms with Gasteiger partial charge >= 0.3 is 0 Å². The molecule has 0 saturated carbocycles. The second-order valence-corrected chi connectivity index (χ2v) is 7.27. The Hall–Kier alpha value is -1.95. The molecule has 5 heteroatoms. The Bertz CT molecular complexity index is 791. The lowest BCUT2D eigenvalue weighted by atomic mass is 10.0. The minimum Gasteiger partial charge on any atom is -0.494 e. The van der Waals surface area contributed by atoms with Gasteiger partial charge in [0.25, 0.3) is 0 Å². The van der Waals surface area contributed by atoms with Gasteiger partial charge in [-0.25, -0.2) is 4.98 Å². The number of nitrogens with one attached hydrogen (secondary N) is 1. The molecule has 1 aromatic heterocycles. The molecule has 1 unspecified atom stereocenters. The van der Waals surface area contributed by atoms with E-state index >= 15 is 0 Å². The summed E-state index contributed by atoms with van der Waals surface area (Å²) in [7, 11) is 0. The number of nitrogens with zero attached hydrogens (tertiary/aromatic N) is 2. The molecule has 1 atom stereocenters. The molecule has 1 saturated heterocycles. The predicted octanol–water partition coefficient (Wildman–Crippen LogP) is 3.69. The van der Waals surface area contributed by atoms with Gasteiger partial charge in [0.15, 0.2) is 0 Å². The summed E-state index contributed by atoms with van der Waals surface area (Å²) in [5, 5.41) is 4.62. The van der Waals surface area contributed by atoms with Gasteiger partial charge in [-0.15, -0.1) is 11.3 Å². The molecule has 0 radical (unpaired) electrons. The number of piperazine rings is 1. The Morgan fingerprint density at radius 3 is 2.60 bits per heavy atom. The van der Waals surface area contributed by atoms with Crippen LogP contribution < -0.4 is 10.1 Å². The van der Waals surface area contributed by atoms with Crippen LogP contribution in [0.2, 0.25) is 0 Å². The quantitative estimate of drug-likeness (QED) is 0.759.